The molecule has 10 heteroatoms. The molecule has 0 aromatic rings. The van der Waals surface area contributed by atoms with Gasteiger partial charge in [0, 0.05) is 11.6 Å². The lowest BCUT2D eigenvalue weighted by Crippen LogP contribution is -2.38. The van der Waals surface area contributed by atoms with Crippen LogP contribution in [0.1, 0.15) is 6.92 Å². The molecule has 10 nitrogen and oxygen atoms in total. The van der Waals surface area contributed by atoms with E-state index in [1.54, 1.807) is 0 Å². The maximum Gasteiger partial charge on any atom is 0.411 e. The van der Waals surface area contributed by atoms with Gasteiger partial charge in [-0.2, -0.15) is 0 Å². The number of carbonyl (C=O) groups excluding carboxylic acids is 4. The van der Waals surface area contributed by atoms with E-state index in [2.05, 4.69) is 42.7 Å². The molecule has 0 aliphatic rings. The van der Waals surface area contributed by atoms with Crippen molar-refractivity contribution in [2.24, 2.45) is 0 Å². The molecular weight excluding hydrogens is 300 g/mol. The van der Waals surface area contributed by atoms with Gasteiger partial charge in [-0.3, -0.25) is 0 Å². The van der Waals surface area contributed by atoms with Crippen LogP contribution in [0.2, 0.25) is 0 Å². The molecule has 0 atom stereocenters. The fraction of sp³-hybridized carbons (Fsp3) is 0.333. The molecule has 0 heterocycles. The van der Waals surface area contributed by atoms with Gasteiger partial charge in [0.2, 0.25) is 13.6 Å². The average Bonchev–Trinajstić information content (AvgIpc) is 2.46. The molecule has 122 valence electrons. The van der Waals surface area contributed by atoms with Crippen molar-refractivity contribution in [3.8, 4) is 0 Å². The molecule has 0 saturated carbocycles. The lowest BCUT2D eigenvalue weighted by Gasteiger charge is -2.09. The van der Waals surface area contributed by atoms with Crippen LogP contribution in [0.5, 0.6) is 0 Å². The van der Waals surface area contributed by atoms with Gasteiger partial charge in [-0.05, 0) is 6.92 Å². The summed E-state index contributed by atoms with van der Waals surface area (Å²) in [5, 5.41) is 4.23. The SMILES string of the molecule is C=CC(=O)OCOC(=O)NCNC(=O)OCOC(=O)C(=C)C. The van der Waals surface area contributed by atoms with E-state index < -0.39 is 37.7 Å². The third-order valence-corrected chi connectivity index (χ3v) is 1.75. The zero-order chi connectivity index (χ0) is 17.0. The lowest BCUT2D eigenvalue weighted by molar-refractivity contribution is -0.147. The van der Waals surface area contributed by atoms with Crippen molar-refractivity contribution < 1.29 is 38.1 Å². The van der Waals surface area contributed by atoms with Crippen LogP contribution < -0.4 is 10.6 Å². The molecule has 0 fully saturated rings. The fourth-order valence-electron chi connectivity index (χ4n) is 0.750. The van der Waals surface area contributed by atoms with Gasteiger partial charge in [0.05, 0.1) is 6.67 Å². The van der Waals surface area contributed by atoms with Gasteiger partial charge in [0.15, 0.2) is 0 Å². The van der Waals surface area contributed by atoms with Gasteiger partial charge in [-0.1, -0.05) is 13.2 Å². The lowest BCUT2D eigenvalue weighted by atomic mass is 10.4. The first kappa shape index (κ1) is 19.0. The third kappa shape index (κ3) is 9.83. The van der Waals surface area contributed by atoms with E-state index in [-0.39, 0.29) is 12.2 Å². The van der Waals surface area contributed by atoms with Crippen LogP contribution in [0.3, 0.4) is 0 Å². The minimum absolute atomic E-state index is 0.158. The number of hydrogen-bond acceptors (Lipinski definition) is 8. The highest BCUT2D eigenvalue weighted by Gasteiger charge is 2.07. The maximum atomic E-state index is 11.1. The van der Waals surface area contributed by atoms with Crippen LogP contribution >= 0.6 is 0 Å². The van der Waals surface area contributed by atoms with Crippen molar-refractivity contribution in [1.29, 1.82) is 0 Å². The Morgan fingerprint density at radius 3 is 1.91 bits per heavy atom. The molecule has 2 amide bonds. The number of ether oxygens (including phenoxy) is 4. The number of rotatable bonds is 8. The van der Waals surface area contributed by atoms with Crippen LogP contribution in [-0.2, 0) is 28.5 Å². The van der Waals surface area contributed by atoms with Gasteiger partial charge < -0.3 is 29.6 Å². The molecular formula is C12H16N2O8. The molecule has 0 aromatic carbocycles. The zero-order valence-electron chi connectivity index (χ0n) is 11.9. The molecule has 0 rings (SSSR count). The first-order valence-corrected chi connectivity index (χ1v) is 5.80. The molecule has 0 aromatic heterocycles. The van der Waals surface area contributed by atoms with Gasteiger partial charge in [-0.15, -0.1) is 0 Å². The summed E-state index contributed by atoms with van der Waals surface area (Å²) in [4.78, 5) is 43.7. The van der Waals surface area contributed by atoms with Gasteiger partial charge in [-0.25, -0.2) is 19.2 Å². The summed E-state index contributed by atoms with van der Waals surface area (Å²) < 4.78 is 17.8. The van der Waals surface area contributed by atoms with Crippen molar-refractivity contribution in [3.63, 3.8) is 0 Å². The second kappa shape index (κ2) is 10.7. The van der Waals surface area contributed by atoms with E-state index in [1.165, 1.54) is 6.92 Å². The Labute approximate surface area is 126 Å². The van der Waals surface area contributed by atoms with E-state index >= 15 is 0 Å². The standard InChI is InChI=1S/C12H16N2O8/c1-4-9(15)19-6-21-11(17)13-5-14-12(18)22-7-20-10(16)8(2)3/h4H,1-2,5-7H2,3H3,(H,13,17)(H,14,18). The first-order chi connectivity index (χ1) is 10.4. The molecule has 2 N–H and O–H groups in total. The largest absolute Gasteiger partial charge is 0.425 e. The number of esters is 2. The number of nitrogens with one attached hydrogen (secondary N) is 2. The summed E-state index contributed by atoms with van der Waals surface area (Å²) in [5.41, 5.74) is 0.158. The molecule has 0 aliphatic carbocycles. The van der Waals surface area contributed by atoms with Gasteiger partial charge in [0.1, 0.15) is 0 Å². The van der Waals surface area contributed by atoms with E-state index in [1.807, 2.05) is 0 Å². The molecule has 22 heavy (non-hydrogen) atoms. The van der Waals surface area contributed by atoms with E-state index in [0.29, 0.717) is 0 Å². The minimum Gasteiger partial charge on any atom is -0.425 e. The van der Waals surface area contributed by atoms with Gasteiger partial charge >= 0.3 is 24.1 Å². The molecule has 0 aliphatic heterocycles. The Morgan fingerprint density at radius 1 is 0.955 bits per heavy atom. The van der Waals surface area contributed by atoms with E-state index in [4.69, 9.17) is 0 Å². The zero-order valence-corrected chi connectivity index (χ0v) is 11.9. The average molecular weight is 316 g/mol. The van der Waals surface area contributed by atoms with Crippen LogP contribution in [0.25, 0.3) is 0 Å². The van der Waals surface area contributed by atoms with Crippen molar-refractivity contribution in [2.45, 2.75) is 6.92 Å². The quantitative estimate of drug-likeness (QED) is 0.368. The Hall–Kier alpha value is -3.04. The maximum absolute atomic E-state index is 11.1. The summed E-state index contributed by atoms with van der Waals surface area (Å²) in [6.45, 7) is 6.40. The number of alkyl carbamates (subject to hydrolysis) is 2. The summed E-state index contributed by atoms with van der Waals surface area (Å²) in [7, 11) is 0. The smallest absolute Gasteiger partial charge is 0.411 e. The van der Waals surface area contributed by atoms with Crippen LogP contribution in [0, 0.1) is 0 Å². The number of amides is 2. The molecule has 0 saturated heterocycles. The van der Waals surface area contributed by atoms with Crippen molar-refractivity contribution >= 4 is 24.1 Å². The van der Waals surface area contributed by atoms with E-state index in [0.717, 1.165) is 6.08 Å². The van der Waals surface area contributed by atoms with Crippen molar-refractivity contribution in [2.75, 3.05) is 20.3 Å². The highest BCUT2D eigenvalue weighted by molar-refractivity contribution is 5.86. The monoisotopic (exact) mass is 316 g/mol. The fourth-order valence-corrected chi connectivity index (χ4v) is 0.750. The normalized spacial score (nSPS) is 8.95. The second-order valence-electron chi connectivity index (χ2n) is 3.51. The highest BCUT2D eigenvalue weighted by atomic mass is 16.7. The predicted molar refractivity (Wildman–Crippen MR) is 71.0 cm³/mol. The van der Waals surface area contributed by atoms with E-state index in [9.17, 15) is 19.2 Å². The first-order valence-electron chi connectivity index (χ1n) is 5.80. The Kier molecular flexibility index (Phi) is 9.23. The number of carbonyl (C=O) groups is 4. The predicted octanol–water partition coefficient (Wildman–Crippen LogP) is 0.160. The van der Waals surface area contributed by atoms with Gasteiger partial charge in [0.25, 0.3) is 0 Å². The summed E-state index contributed by atoms with van der Waals surface area (Å²) in [6.07, 6.45) is -0.974. The van der Waals surface area contributed by atoms with Crippen molar-refractivity contribution in [1.82, 2.24) is 10.6 Å². The van der Waals surface area contributed by atoms with Crippen LogP contribution in [-0.4, -0.2) is 44.4 Å². The Morgan fingerprint density at radius 2 is 1.45 bits per heavy atom. The Balaban J connectivity index is 3.64. The minimum atomic E-state index is -0.939. The molecule has 0 spiro atoms. The molecule has 0 radical (unpaired) electrons. The summed E-state index contributed by atoms with van der Waals surface area (Å²) >= 11 is 0. The Bertz CT molecular complexity index is 460. The molecule has 0 unspecified atom stereocenters. The number of hydrogen-bond donors (Lipinski definition) is 2. The molecule has 0 bridgehead atoms. The third-order valence-electron chi connectivity index (χ3n) is 1.75. The topological polar surface area (TPSA) is 129 Å². The van der Waals surface area contributed by atoms with Crippen LogP contribution in [0.15, 0.2) is 24.8 Å². The second-order valence-corrected chi connectivity index (χ2v) is 3.51. The summed E-state index contributed by atoms with van der Waals surface area (Å²) in [5.74, 6) is -1.46. The van der Waals surface area contributed by atoms with Crippen molar-refractivity contribution in [3.05, 3.63) is 24.8 Å². The summed E-state index contributed by atoms with van der Waals surface area (Å²) in [6, 6.07) is 0. The highest BCUT2D eigenvalue weighted by Crippen LogP contribution is 1.92. The van der Waals surface area contributed by atoms with Crippen LogP contribution in [0.4, 0.5) is 9.59 Å².